The third kappa shape index (κ3) is 2.92. The first-order valence-corrected chi connectivity index (χ1v) is 6.82. The van der Waals surface area contributed by atoms with Gasteiger partial charge in [-0.1, -0.05) is 6.92 Å². The zero-order valence-electron chi connectivity index (χ0n) is 11.0. The molecule has 0 aromatic rings. The van der Waals surface area contributed by atoms with Crippen molar-refractivity contribution in [3.63, 3.8) is 0 Å². The fourth-order valence-corrected chi connectivity index (χ4v) is 2.74. The molecule has 0 bridgehead atoms. The Bertz CT molecular complexity index is 290. The van der Waals surface area contributed by atoms with Crippen LogP contribution in [0.3, 0.4) is 0 Å². The first kappa shape index (κ1) is 12.7. The second kappa shape index (κ2) is 4.84. The summed E-state index contributed by atoms with van der Waals surface area (Å²) in [5.74, 6) is 1.21. The van der Waals surface area contributed by atoms with Crippen molar-refractivity contribution < 1.29 is 4.79 Å². The molecule has 2 fully saturated rings. The Balaban J connectivity index is 1.91. The number of urea groups is 1. The molecule has 98 valence electrons. The lowest BCUT2D eigenvalue weighted by molar-refractivity contribution is 0.156. The highest BCUT2D eigenvalue weighted by Gasteiger charge is 2.42. The Kier molecular flexibility index (Phi) is 3.61. The lowest BCUT2D eigenvalue weighted by Gasteiger charge is -2.36. The third-order valence-corrected chi connectivity index (χ3v) is 4.24. The molecule has 2 amide bonds. The average Bonchev–Trinajstić information content (AvgIpc) is 3.13. The summed E-state index contributed by atoms with van der Waals surface area (Å²) in [6.07, 6.45) is 4.76. The summed E-state index contributed by atoms with van der Waals surface area (Å²) in [6.45, 7) is 6.60. The molecule has 1 saturated carbocycles. The number of piperidine rings is 1. The van der Waals surface area contributed by atoms with E-state index < -0.39 is 0 Å². The van der Waals surface area contributed by atoms with Crippen molar-refractivity contribution >= 4 is 6.03 Å². The fourth-order valence-electron chi connectivity index (χ4n) is 2.74. The van der Waals surface area contributed by atoms with E-state index in [4.69, 9.17) is 5.73 Å². The molecule has 17 heavy (non-hydrogen) atoms. The summed E-state index contributed by atoms with van der Waals surface area (Å²) >= 11 is 0. The maximum atomic E-state index is 12.2. The van der Waals surface area contributed by atoms with E-state index in [9.17, 15) is 4.79 Å². The molecule has 4 nitrogen and oxygen atoms in total. The highest BCUT2D eigenvalue weighted by molar-refractivity contribution is 5.75. The lowest BCUT2D eigenvalue weighted by atomic mass is 9.96. The molecule has 0 aromatic heterocycles. The van der Waals surface area contributed by atoms with Crippen LogP contribution in [0.25, 0.3) is 0 Å². The first-order chi connectivity index (χ1) is 8.05. The fraction of sp³-hybridized carbons (Fsp3) is 0.923. The summed E-state index contributed by atoms with van der Waals surface area (Å²) in [4.78, 5) is 14.2. The van der Waals surface area contributed by atoms with E-state index in [2.05, 4.69) is 19.2 Å². The maximum absolute atomic E-state index is 12.2. The van der Waals surface area contributed by atoms with E-state index in [-0.39, 0.29) is 11.6 Å². The number of likely N-dealkylation sites (tertiary alicyclic amines) is 1. The van der Waals surface area contributed by atoms with Gasteiger partial charge in [0.2, 0.25) is 0 Å². The van der Waals surface area contributed by atoms with Crippen LogP contribution in [0.2, 0.25) is 0 Å². The molecule has 2 aliphatic rings. The van der Waals surface area contributed by atoms with Crippen molar-refractivity contribution in [2.45, 2.75) is 45.1 Å². The van der Waals surface area contributed by atoms with Crippen LogP contribution >= 0.6 is 0 Å². The molecule has 1 aliphatic heterocycles. The molecular formula is C13H25N3O. The van der Waals surface area contributed by atoms with Gasteiger partial charge in [-0.3, -0.25) is 0 Å². The SMILES string of the molecule is CC1CCCN(C(=O)NC(C)(CN)C2CC2)C1. The molecule has 2 rings (SSSR count). The van der Waals surface area contributed by atoms with Gasteiger partial charge in [-0.25, -0.2) is 4.79 Å². The standard InChI is InChI=1S/C13H25N3O/c1-10-4-3-7-16(8-10)12(17)15-13(2,9-14)11-5-6-11/h10-11H,3-9,14H2,1-2H3,(H,15,17). The van der Waals surface area contributed by atoms with Crippen LogP contribution in [-0.4, -0.2) is 36.1 Å². The molecule has 0 spiro atoms. The van der Waals surface area contributed by atoms with Crippen molar-refractivity contribution in [2.24, 2.45) is 17.6 Å². The Morgan fingerprint density at radius 3 is 2.71 bits per heavy atom. The van der Waals surface area contributed by atoms with Crippen LogP contribution in [-0.2, 0) is 0 Å². The first-order valence-electron chi connectivity index (χ1n) is 6.82. The quantitative estimate of drug-likeness (QED) is 0.785. The number of hydrogen-bond donors (Lipinski definition) is 2. The van der Waals surface area contributed by atoms with Crippen molar-refractivity contribution in [3.8, 4) is 0 Å². The minimum absolute atomic E-state index is 0.0800. The number of rotatable bonds is 3. The predicted octanol–water partition coefficient (Wildman–Crippen LogP) is 1.56. The van der Waals surface area contributed by atoms with Crippen LogP contribution in [0.5, 0.6) is 0 Å². The van der Waals surface area contributed by atoms with Gasteiger partial charge in [-0.15, -0.1) is 0 Å². The van der Waals surface area contributed by atoms with Crippen LogP contribution < -0.4 is 11.1 Å². The lowest BCUT2D eigenvalue weighted by Crippen LogP contribution is -2.57. The van der Waals surface area contributed by atoms with E-state index in [0.29, 0.717) is 18.4 Å². The normalized spacial score (nSPS) is 28.6. The Morgan fingerprint density at radius 1 is 1.47 bits per heavy atom. The Hall–Kier alpha value is -0.770. The number of nitrogens with one attached hydrogen (secondary N) is 1. The molecule has 0 radical (unpaired) electrons. The second-order valence-electron chi connectivity index (χ2n) is 6.02. The summed E-state index contributed by atoms with van der Waals surface area (Å²) < 4.78 is 0. The predicted molar refractivity (Wildman–Crippen MR) is 68.7 cm³/mol. The van der Waals surface area contributed by atoms with Gasteiger partial charge in [0.15, 0.2) is 0 Å². The maximum Gasteiger partial charge on any atom is 0.317 e. The number of nitrogens with zero attached hydrogens (tertiary/aromatic N) is 1. The van der Waals surface area contributed by atoms with Crippen LogP contribution in [0.1, 0.15) is 39.5 Å². The number of carbonyl (C=O) groups excluding carboxylic acids is 1. The molecular weight excluding hydrogens is 214 g/mol. The minimum Gasteiger partial charge on any atom is -0.331 e. The van der Waals surface area contributed by atoms with Gasteiger partial charge >= 0.3 is 6.03 Å². The summed E-state index contributed by atoms with van der Waals surface area (Å²) in [5, 5.41) is 3.16. The van der Waals surface area contributed by atoms with E-state index in [1.807, 2.05) is 4.90 Å². The van der Waals surface area contributed by atoms with E-state index in [1.165, 1.54) is 19.3 Å². The number of nitrogens with two attached hydrogens (primary N) is 1. The zero-order valence-corrected chi connectivity index (χ0v) is 11.0. The molecule has 0 aromatic carbocycles. The summed E-state index contributed by atoms with van der Waals surface area (Å²) in [5.41, 5.74) is 5.62. The van der Waals surface area contributed by atoms with Crippen LogP contribution in [0.4, 0.5) is 4.79 Å². The second-order valence-corrected chi connectivity index (χ2v) is 6.02. The van der Waals surface area contributed by atoms with Crippen molar-refractivity contribution in [2.75, 3.05) is 19.6 Å². The van der Waals surface area contributed by atoms with Crippen molar-refractivity contribution in [1.29, 1.82) is 0 Å². The van der Waals surface area contributed by atoms with Crippen LogP contribution in [0.15, 0.2) is 0 Å². The monoisotopic (exact) mass is 239 g/mol. The van der Waals surface area contributed by atoms with Crippen LogP contribution in [0, 0.1) is 11.8 Å². The van der Waals surface area contributed by atoms with Gasteiger partial charge < -0.3 is 16.0 Å². The van der Waals surface area contributed by atoms with Crippen molar-refractivity contribution in [3.05, 3.63) is 0 Å². The molecule has 1 saturated heterocycles. The van der Waals surface area contributed by atoms with E-state index in [0.717, 1.165) is 19.5 Å². The van der Waals surface area contributed by atoms with Gasteiger partial charge in [-0.2, -0.15) is 0 Å². The molecule has 1 heterocycles. The molecule has 1 aliphatic carbocycles. The van der Waals surface area contributed by atoms with Crippen molar-refractivity contribution in [1.82, 2.24) is 10.2 Å². The third-order valence-electron chi connectivity index (χ3n) is 4.24. The summed E-state index contributed by atoms with van der Waals surface area (Å²) in [6, 6.07) is 0.0800. The summed E-state index contributed by atoms with van der Waals surface area (Å²) in [7, 11) is 0. The van der Waals surface area contributed by atoms with Gasteiger partial charge in [0.25, 0.3) is 0 Å². The number of hydrogen-bond acceptors (Lipinski definition) is 2. The largest absolute Gasteiger partial charge is 0.331 e. The molecule has 4 heteroatoms. The Labute approximate surface area is 104 Å². The molecule has 2 atom stereocenters. The molecule has 2 unspecified atom stereocenters. The van der Waals surface area contributed by atoms with Gasteiger partial charge in [0.1, 0.15) is 0 Å². The average molecular weight is 239 g/mol. The highest BCUT2D eigenvalue weighted by atomic mass is 16.2. The Morgan fingerprint density at radius 2 is 2.18 bits per heavy atom. The highest BCUT2D eigenvalue weighted by Crippen LogP contribution is 2.39. The molecule has 3 N–H and O–H groups in total. The van der Waals surface area contributed by atoms with E-state index in [1.54, 1.807) is 0 Å². The minimum atomic E-state index is -0.197. The number of amides is 2. The van der Waals surface area contributed by atoms with Gasteiger partial charge in [0, 0.05) is 19.6 Å². The topological polar surface area (TPSA) is 58.4 Å². The van der Waals surface area contributed by atoms with Gasteiger partial charge in [0.05, 0.1) is 5.54 Å². The zero-order chi connectivity index (χ0) is 12.5. The smallest absolute Gasteiger partial charge is 0.317 e. The number of carbonyl (C=O) groups is 1. The van der Waals surface area contributed by atoms with Gasteiger partial charge in [-0.05, 0) is 44.4 Å². The van der Waals surface area contributed by atoms with E-state index >= 15 is 0 Å².